The van der Waals surface area contributed by atoms with Crippen molar-refractivity contribution in [2.75, 3.05) is 23.7 Å². The van der Waals surface area contributed by atoms with Gasteiger partial charge >= 0.3 is 0 Å². The maximum atomic E-state index is 13.1. The first-order chi connectivity index (χ1) is 13.5. The second-order valence-electron chi connectivity index (χ2n) is 5.85. The Hall–Kier alpha value is -3.11. The van der Waals surface area contributed by atoms with Crippen molar-refractivity contribution in [3.8, 4) is 0 Å². The molecule has 0 bridgehead atoms. The zero-order chi connectivity index (χ0) is 19.8. The highest BCUT2D eigenvalue weighted by molar-refractivity contribution is 7.88. The molecule has 3 N–H and O–H groups in total. The van der Waals surface area contributed by atoms with E-state index in [1.54, 1.807) is 24.4 Å². The third kappa shape index (κ3) is 6.25. The summed E-state index contributed by atoms with van der Waals surface area (Å²) in [5.41, 5.74) is 0.391. The average molecular weight is 402 g/mol. The Kier molecular flexibility index (Phi) is 6.45. The number of aromatic nitrogens is 3. The SMILES string of the molecule is O=S(=O)(Cc1cccc(F)c1)NCCNc1ccc(Nc2ccccn2)nn1. The molecule has 3 rings (SSSR count). The monoisotopic (exact) mass is 402 g/mol. The van der Waals surface area contributed by atoms with Crippen LogP contribution < -0.4 is 15.4 Å². The van der Waals surface area contributed by atoms with Gasteiger partial charge in [-0.3, -0.25) is 0 Å². The summed E-state index contributed by atoms with van der Waals surface area (Å²) in [5, 5.41) is 14.0. The van der Waals surface area contributed by atoms with E-state index >= 15 is 0 Å². The highest BCUT2D eigenvalue weighted by Gasteiger charge is 2.11. The van der Waals surface area contributed by atoms with Crippen molar-refractivity contribution in [1.29, 1.82) is 0 Å². The van der Waals surface area contributed by atoms with Gasteiger partial charge in [-0.05, 0) is 42.0 Å². The Balaban J connectivity index is 1.43. The van der Waals surface area contributed by atoms with E-state index < -0.39 is 15.8 Å². The topological polar surface area (TPSA) is 109 Å². The van der Waals surface area contributed by atoms with Crippen LogP contribution in [0.25, 0.3) is 0 Å². The van der Waals surface area contributed by atoms with Gasteiger partial charge in [-0.25, -0.2) is 22.5 Å². The van der Waals surface area contributed by atoms with Gasteiger partial charge in [-0.1, -0.05) is 18.2 Å². The standard InChI is InChI=1S/C18H19FN6O2S/c19-15-5-3-4-14(12-15)13-28(26,27)22-11-10-21-17-7-8-18(25-24-17)23-16-6-1-2-9-20-16/h1-9,12,22H,10-11,13H2,(H,21,24)(H,20,23,25). The molecule has 0 aliphatic rings. The molecule has 10 heteroatoms. The number of nitrogens with zero attached hydrogens (tertiary/aromatic N) is 3. The predicted octanol–water partition coefficient (Wildman–Crippen LogP) is 2.29. The van der Waals surface area contributed by atoms with E-state index in [0.717, 1.165) is 0 Å². The minimum atomic E-state index is -3.56. The summed E-state index contributed by atoms with van der Waals surface area (Å²) >= 11 is 0. The predicted molar refractivity (Wildman–Crippen MR) is 105 cm³/mol. The first-order valence-electron chi connectivity index (χ1n) is 8.48. The number of benzene rings is 1. The number of anilines is 3. The average Bonchev–Trinajstić information content (AvgIpc) is 2.67. The number of sulfonamides is 1. The fourth-order valence-corrected chi connectivity index (χ4v) is 3.49. The Morgan fingerprint density at radius 2 is 1.71 bits per heavy atom. The van der Waals surface area contributed by atoms with Crippen LogP contribution in [0.1, 0.15) is 5.56 Å². The van der Waals surface area contributed by atoms with Crippen molar-refractivity contribution in [1.82, 2.24) is 19.9 Å². The molecule has 0 amide bonds. The molecule has 0 aliphatic carbocycles. The van der Waals surface area contributed by atoms with E-state index in [0.29, 0.717) is 29.6 Å². The fourth-order valence-electron chi connectivity index (χ4n) is 2.36. The number of halogens is 1. The van der Waals surface area contributed by atoms with E-state index in [1.807, 2.05) is 18.2 Å². The number of nitrogens with one attached hydrogen (secondary N) is 3. The molecule has 0 saturated carbocycles. The van der Waals surface area contributed by atoms with Crippen LogP contribution in [-0.2, 0) is 15.8 Å². The lowest BCUT2D eigenvalue weighted by Gasteiger charge is -2.09. The first-order valence-corrected chi connectivity index (χ1v) is 10.1. The van der Waals surface area contributed by atoms with Crippen LogP contribution in [0, 0.1) is 5.82 Å². The van der Waals surface area contributed by atoms with Gasteiger partial charge in [0.25, 0.3) is 0 Å². The van der Waals surface area contributed by atoms with Crippen LogP contribution in [0.4, 0.5) is 21.8 Å². The van der Waals surface area contributed by atoms with Crippen LogP contribution in [0.3, 0.4) is 0 Å². The molecular weight excluding hydrogens is 383 g/mol. The van der Waals surface area contributed by atoms with E-state index in [2.05, 4.69) is 30.5 Å². The maximum Gasteiger partial charge on any atom is 0.215 e. The molecule has 28 heavy (non-hydrogen) atoms. The molecule has 0 unspecified atom stereocenters. The minimum absolute atomic E-state index is 0.160. The third-order valence-electron chi connectivity index (χ3n) is 3.58. The lowest BCUT2D eigenvalue weighted by Crippen LogP contribution is -2.30. The van der Waals surface area contributed by atoms with Gasteiger partial charge in [0.2, 0.25) is 10.0 Å². The molecule has 0 atom stereocenters. The summed E-state index contributed by atoms with van der Waals surface area (Å²) in [4.78, 5) is 4.13. The number of hydrogen-bond acceptors (Lipinski definition) is 7. The second kappa shape index (κ2) is 9.20. The summed E-state index contributed by atoms with van der Waals surface area (Å²) in [6.07, 6.45) is 1.67. The van der Waals surface area contributed by atoms with Gasteiger partial charge in [0, 0.05) is 19.3 Å². The van der Waals surface area contributed by atoms with Crippen LogP contribution in [-0.4, -0.2) is 36.7 Å². The molecule has 3 aromatic rings. The van der Waals surface area contributed by atoms with E-state index in [1.165, 1.54) is 18.2 Å². The molecule has 0 spiro atoms. The van der Waals surface area contributed by atoms with E-state index in [-0.39, 0.29) is 12.3 Å². The Morgan fingerprint density at radius 3 is 2.43 bits per heavy atom. The fraction of sp³-hybridized carbons (Fsp3) is 0.167. The van der Waals surface area contributed by atoms with Gasteiger partial charge in [0.1, 0.15) is 17.5 Å². The molecule has 2 aromatic heterocycles. The van der Waals surface area contributed by atoms with Gasteiger partial charge in [-0.2, -0.15) is 0 Å². The van der Waals surface area contributed by atoms with Gasteiger partial charge in [-0.15, -0.1) is 10.2 Å². The van der Waals surface area contributed by atoms with Gasteiger partial charge in [0.05, 0.1) is 5.75 Å². The quantitative estimate of drug-likeness (QED) is 0.471. The van der Waals surface area contributed by atoms with E-state index in [4.69, 9.17) is 0 Å². The zero-order valence-corrected chi connectivity index (χ0v) is 15.7. The second-order valence-corrected chi connectivity index (χ2v) is 7.66. The van der Waals surface area contributed by atoms with Crippen molar-refractivity contribution >= 4 is 27.5 Å². The van der Waals surface area contributed by atoms with Crippen LogP contribution in [0.5, 0.6) is 0 Å². The molecule has 0 saturated heterocycles. The van der Waals surface area contributed by atoms with Crippen molar-refractivity contribution < 1.29 is 12.8 Å². The van der Waals surface area contributed by atoms with Crippen molar-refractivity contribution in [2.24, 2.45) is 0 Å². The molecule has 1 aromatic carbocycles. The van der Waals surface area contributed by atoms with Gasteiger partial charge in [0.15, 0.2) is 5.82 Å². The van der Waals surface area contributed by atoms with Gasteiger partial charge < -0.3 is 10.6 Å². The first kappa shape index (κ1) is 19.6. The van der Waals surface area contributed by atoms with Crippen molar-refractivity contribution in [2.45, 2.75) is 5.75 Å². The summed E-state index contributed by atoms with van der Waals surface area (Å²) < 4.78 is 39.7. The summed E-state index contributed by atoms with van der Waals surface area (Å²) in [6, 6.07) is 14.5. The smallest absolute Gasteiger partial charge is 0.215 e. The molecule has 2 heterocycles. The highest BCUT2D eigenvalue weighted by atomic mass is 32.2. The molecular formula is C18H19FN6O2S. The van der Waals surface area contributed by atoms with Crippen LogP contribution >= 0.6 is 0 Å². The van der Waals surface area contributed by atoms with Crippen LogP contribution in [0.15, 0.2) is 60.8 Å². The molecule has 8 nitrogen and oxygen atoms in total. The Labute approximate surface area is 162 Å². The number of hydrogen-bond donors (Lipinski definition) is 3. The van der Waals surface area contributed by atoms with Crippen molar-refractivity contribution in [3.05, 3.63) is 72.2 Å². The maximum absolute atomic E-state index is 13.1. The number of pyridine rings is 1. The highest BCUT2D eigenvalue weighted by Crippen LogP contribution is 2.11. The van der Waals surface area contributed by atoms with E-state index in [9.17, 15) is 12.8 Å². The zero-order valence-electron chi connectivity index (χ0n) is 14.8. The summed E-state index contributed by atoms with van der Waals surface area (Å²) in [5.74, 6) is 0.966. The molecule has 0 aliphatic heterocycles. The largest absolute Gasteiger partial charge is 0.367 e. The Bertz CT molecular complexity index is 1000. The number of rotatable bonds is 9. The minimum Gasteiger partial charge on any atom is -0.367 e. The normalized spacial score (nSPS) is 11.2. The van der Waals surface area contributed by atoms with Crippen molar-refractivity contribution in [3.63, 3.8) is 0 Å². The summed E-state index contributed by atoms with van der Waals surface area (Å²) in [7, 11) is -3.56. The molecule has 146 valence electrons. The molecule has 0 fully saturated rings. The molecule has 0 radical (unpaired) electrons. The van der Waals surface area contributed by atoms with Crippen LogP contribution in [0.2, 0.25) is 0 Å². The Morgan fingerprint density at radius 1 is 0.893 bits per heavy atom. The lowest BCUT2D eigenvalue weighted by atomic mass is 10.2. The lowest BCUT2D eigenvalue weighted by molar-refractivity contribution is 0.581. The third-order valence-corrected chi connectivity index (χ3v) is 4.94. The summed E-state index contributed by atoms with van der Waals surface area (Å²) in [6.45, 7) is 0.483.